The number of hydrogen-bond donors (Lipinski definition) is 1. The quantitative estimate of drug-likeness (QED) is 0.686. The second-order valence-corrected chi connectivity index (χ2v) is 7.31. The van der Waals surface area contributed by atoms with Crippen LogP contribution in [0.1, 0.15) is 16.2 Å². The molecule has 154 valence electrons. The normalized spacial score (nSPS) is 14.0. The summed E-state index contributed by atoms with van der Waals surface area (Å²) in [5, 5.41) is 3.31. The average molecular weight is 427 g/mol. The first kappa shape index (κ1) is 20.0. The Balaban J connectivity index is 1.44. The number of hydrogen-bond acceptors (Lipinski definition) is 6. The standard InChI is InChI=1S/C21H20ClFN6O/c1-14-25-19(27-18-4-2-3-7-24-18)13-20(26-14)28-8-10-29(11-9-28)21(30)16-6-5-15(23)12-17(16)22/h2-7,12-13H,8-11H2,1H3,(H,24,25,26,27). The summed E-state index contributed by atoms with van der Waals surface area (Å²) >= 11 is 6.04. The molecule has 2 aromatic heterocycles. The monoisotopic (exact) mass is 426 g/mol. The molecule has 1 fully saturated rings. The van der Waals surface area contributed by atoms with E-state index in [-0.39, 0.29) is 10.9 Å². The third-order valence-electron chi connectivity index (χ3n) is 4.80. The van der Waals surface area contributed by atoms with Gasteiger partial charge in [0.15, 0.2) is 0 Å². The average Bonchev–Trinajstić information content (AvgIpc) is 2.74. The van der Waals surface area contributed by atoms with E-state index in [1.54, 1.807) is 11.1 Å². The van der Waals surface area contributed by atoms with Crippen LogP contribution in [0.5, 0.6) is 0 Å². The Morgan fingerprint density at radius 1 is 1.07 bits per heavy atom. The molecule has 0 spiro atoms. The molecular weight excluding hydrogens is 407 g/mol. The van der Waals surface area contributed by atoms with E-state index in [1.807, 2.05) is 31.2 Å². The maximum absolute atomic E-state index is 13.3. The number of rotatable bonds is 4. The lowest BCUT2D eigenvalue weighted by molar-refractivity contribution is 0.0746. The van der Waals surface area contributed by atoms with Gasteiger partial charge in [-0.05, 0) is 37.3 Å². The molecule has 1 aliphatic heterocycles. The van der Waals surface area contributed by atoms with E-state index in [4.69, 9.17) is 11.6 Å². The van der Waals surface area contributed by atoms with Crippen molar-refractivity contribution in [2.45, 2.75) is 6.92 Å². The third kappa shape index (κ3) is 4.49. The van der Waals surface area contributed by atoms with Crippen LogP contribution in [0.4, 0.5) is 21.8 Å². The van der Waals surface area contributed by atoms with Crippen molar-refractivity contribution in [1.82, 2.24) is 19.9 Å². The highest BCUT2D eigenvalue weighted by Crippen LogP contribution is 2.23. The molecule has 30 heavy (non-hydrogen) atoms. The Morgan fingerprint density at radius 2 is 1.87 bits per heavy atom. The SMILES string of the molecule is Cc1nc(Nc2ccccn2)cc(N2CCN(C(=O)c3ccc(F)cc3Cl)CC2)n1. The molecule has 0 atom stereocenters. The lowest BCUT2D eigenvalue weighted by atomic mass is 10.1. The zero-order chi connectivity index (χ0) is 21.1. The minimum atomic E-state index is -0.462. The second kappa shape index (κ2) is 8.62. The van der Waals surface area contributed by atoms with Gasteiger partial charge in [-0.25, -0.2) is 19.3 Å². The van der Waals surface area contributed by atoms with Gasteiger partial charge in [-0.3, -0.25) is 4.79 Å². The van der Waals surface area contributed by atoms with Crippen molar-refractivity contribution in [2.75, 3.05) is 36.4 Å². The molecule has 1 aliphatic rings. The summed E-state index contributed by atoms with van der Waals surface area (Å²) in [7, 11) is 0. The van der Waals surface area contributed by atoms with Crippen LogP contribution >= 0.6 is 11.6 Å². The number of nitrogens with zero attached hydrogens (tertiary/aromatic N) is 5. The molecule has 0 radical (unpaired) electrons. The topological polar surface area (TPSA) is 74.2 Å². The molecule has 9 heteroatoms. The molecule has 1 N–H and O–H groups in total. The van der Waals surface area contributed by atoms with Crippen LogP contribution in [0.2, 0.25) is 5.02 Å². The minimum absolute atomic E-state index is 0.124. The van der Waals surface area contributed by atoms with Gasteiger partial charge in [0, 0.05) is 38.4 Å². The van der Waals surface area contributed by atoms with Crippen LogP contribution < -0.4 is 10.2 Å². The summed E-state index contributed by atoms with van der Waals surface area (Å²) in [5.41, 5.74) is 0.311. The maximum atomic E-state index is 13.3. The van der Waals surface area contributed by atoms with Gasteiger partial charge in [0.1, 0.15) is 29.1 Å². The molecule has 4 rings (SSSR count). The highest BCUT2D eigenvalue weighted by molar-refractivity contribution is 6.33. The molecule has 7 nitrogen and oxygen atoms in total. The summed E-state index contributed by atoms with van der Waals surface area (Å²) in [4.78, 5) is 29.8. The number of halogens is 2. The van der Waals surface area contributed by atoms with E-state index >= 15 is 0 Å². The number of carbonyl (C=O) groups excluding carboxylic acids is 1. The van der Waals surface area contributed by atoms with Crippen LogP contribution in [-0.2, 0) is 0 Å². The van der Waals surface area contributed by atoms with E-state index in [1.165, 1.54) is 12.1 Å². The number of aryl methyl sites for hydroxylation is 1. The molecule has 0 saturated carbocycles. The van der Waals surface area contributed by atoms with Gasteiger partial charge >= 0.3 is 0 Å². The Kier molecular flexibility index (Phi) is 5.76. The van der Waals surface area contributed by atoms with Crippen LogP contribution in [0.25, 0.3) is 0 Å². The largest absolute Gasteiger partial charge is 0.353 e. The predicted octanol–water partition coefficient (Wildman–Crippen LogP) is 3.68. The number of benzene rings is 1. The van der Waals surface area contributed by atoms with Crippen LogP contribution in [0.3, 0.4) is 0 Å². The van der Waals surface area contributed by atoms with E-state index in [0.717, 1.165) is 11.9 Å². The third-order valence-corrected chi connectivity index (χ3v) is 5.11. The molecule has 0 unspecified atom stereocenters. The van der Waals surface area contributed by atoms with Crippen LogP contribution in [0.15, 0.2) is 48.7 Å². The molecule has 0 bridgehead atoms. The first-order chi connectivity index (χ1) is 14.5. The van der Waals surface area contributed by atoms with Gasteiger partial charge in [0.05, 0.1) is 10.6 Å². The minimum Gasteiger partial charge on any atom is -0.353 e. The van der Waals surface area contributed by atoms with Crippen molar-refractivity contribution in [1.29, 1.82) is 0 Å². The van der Waals surface area contributed by atoms with Gasteiger partial charge in [0.2, 0.25) is 0 Å². The number of anilines is 3. The summed E-state index contributed by atoms with van der Waals surface area (Å²) in [5.74, 6) is 2.13. The van der Waals surface area contributed by atoms with Crippen molar-refractivity contribution >= 4 is 35.0 Å². The van der Waals surface area contributed by atoms with E-state index in [9.17, 15) is 9.18 Å². The number of carbonyl (C=O) groups is 1. The molecule has 3 heterocycles. The van der Waals surface area contributed by atoms with E-state index in [2.05, 4.69) is 25.2 Å². The summed E-state index contributed by atoms with van der Waals surface area (Å²) < 4.78 is 13.3. The first-order valence-electron chi connectivity index (χ1n) is 9.52. The van der Waals surface area contributed by atoms with Crippen molar-refractivity contribution in [3.8, 4) is 0 Å². The smallest absolute Gasteiger partial charge is 0.255 e. The Bertz CT molecular complexity index is 1060. The highest BCUT2D eigenvalue weighted by atomic mass is 35.5. The van der Waals surface area contributed by atoms with Crippen LogP contribution in [0, 0.1) is 12.7 Å². The van der Waals surface area contributed by atoms with Gasteiger partial charge in [-0.2, -0.15) is 0 Å². The number of aromatic nitrogens is 3. The fourth-order valence-electron chi connectivity index (χ4n) is 3.32. The Hall–Kier alpha value is -3.26. The fourth-order valence-corrected chi connectivity index (χ4v) is 3.57. The zero-order valence-corrected chi connectivity index (χ0v) is 17.1. The maximum Gasteiger partial charge on any atom is 0.255 e. The van der Waals surface area contributed by atoms with Gasteiger partial charge < -0.3 is 15.1 Å². The van der Waals surface area contributed by atoms with E-state index in [0.29, 0.717) is 49.2 Å². The molecular formula is C21H20ClFN6O. The van der Waals surface area contributed by atoms with Crippen molar-refractivity contribution in [3.63, 3.8) is 0 Å². The fraction of sp³-hybridized carbons (Fsp3) is 0.238. The summed E-state index contributed by atoms with van der Waals surface area (Å²) in [6.07, 6.45) is 1.71. The number of nitrogens with one attached hydrogen (secondary N) is 1. The van der Waals surface area contributed by atoms with Crippen LogP contribution in [-0.4, -0.2) is 51.9 Å². The summed E-state index contributed by atoms with van der Waals surface area (Å²) in [6, 6.07) is 11.3. The van der Waals surface area contributed by atoms with Gasteiger partial charge in [-0.1, -0.05) is 17.7 Å². The first-order valence-corrected chi connectivity index (χ1v) is 9.90. The Labute approximate surface area is 178 Å². The number of amides is 1. The molecule has 1 aromatic carbocycles. The lowest BCUT2D eigenvalue weighted by Crippen LogP contribution is -2.49. The molecule has 1 saturated heterocycles. The molecule has 1 amide bonds. The molecule has 3 aromatic rings. The molecule has 0 aliphatic carbocycles. The highest BCUT2D eigenvalue weighted by Gasteiger charge is 2.25. The number of pyridine rings is 1. The van der Waals surface area contributed by atoms with Crippen molar-refractivity contribution < 1.29 is 9.18 Å². The van der Waals surface area contributed by atoms with Gasteiger partial charge in [0.25, 0.3) is 5.91 Å². The predicted molar refractivity (Wildman–Crippen MR) is 114 cm³/mol. The van der Waals surface area contributed by atoms with Gasteiger partial charge in [-0.15, -0.1) is 0 Å². The van der Waals surface area contributed by atoms with E-state index < -0.39 is 5.82 Å². The zero-order valence-electron chi connectivity index (χ0n) is 16.3. The van der Waals surface area contributed by atoms with Crippen molar-refractivity contribution in [3.05, 3.63) is 70.9 Å². The summed E-state index contributed by atoms with van der Waals surface area (Å²) in [6.45, 7) is 4.09. The Morgan fingerprint density at radius 3 is 2.57 bits per heavy atom. The number of piperazine rings is 1. The van der Waals surface area contributed by atoms with Crippen molar-refractivity contribution in [2.24, 2.45) is 0 Å². The lowest BCUT2D eigenvalue weighted by Gasteiger charge is -2.35. The second-order valence-electron chi connectivity index (χ2n) is 6.90.